The molecule has 1 aliphatic heterocycles. The lowest BCUT2D eigenvalue weighted by atomic mass is 10.1. The molecule has 224 valence electrons. The summed E-state index contributed by atoms with van der Waals surface area (Å²) in [7, 11) is -4.09. The average Bonchev–Trinajstić information content (AvgIpc) is 3.33. The molecule has 0 fully saturated rings. The molecule has 0 bridgehead atoms. The molecule has 1 aliphatic rings. The van der Waals surface area contributed by atoms with Gasteiger partial charge in [-0.1, -0.05) is 28.9 Å². The summed E-state index contributed by atoms with van der Waals surface area (Å²) in [4.78, 5) is 44.3. The van der Waals surface area contributed by atoms with Gasteiger partial charge in [-0.05, 0) is 77.4 Å². The number of rotatable bonds is 5. The molecule has 0 radical (unpaired) electrons. The minimum atomic E-state index is -4.09. The second-order valence-corrected chi connectivity index (χ2v) is 14.3. The number of nitrogens with one attached hydrogen (secondary N) is 2. The second-order valence-electron chi connectivity index (χ2n) is 11.8. The van der Waals surface area contributed by atoms with Crippen molar-refractivity contribution in [2.75, 3.05) is 10.7 Å². The van der Waals surface area contributed by atoms with E-state index in [1.165, 1.54) is 23.1 Å². The third kappa shape index (κ3) is 7.45. The Bertz CT molecular complexity index is 1620. The minimum absolute atomic E-state index is 0.0147. The molecule has 0 saturated carbocycles. The monoisotopic (exact) mass is 617 g/mol. The van der Waals surface area contributed by atoms with Gasteiger partial charge < -0.3 is 24.8 Å². The van der Waals surface area contributed by atoms with Gasteiger partial charge in [-0.25, -0.2) is 13.2 Å². The first-order valence-corrected chi connectivity index (χ1v) is 15.0. The zero-order valence-electron chi connectivity index (χ0n) is 24.0. The quantitative estimate of drug-likeness (QED) is 0.429. The number of carbonyl (C=O) groups excluding carboxylic acids is 3. The van der Waals surface area contributed by atoms with E-state index in [1.54, 1.807) is 65.8 Å². The van der Waals surface area contributed by atoms with E-state index in [0.29, 0.717) is 16.1 Å². The molecule has 3 amide bonds. The summed E-state index contributed by atoms with van der Waals surface area (Å²) in [5.74, 6) is -2.20. The summed E-state index contributed by atoms with van der Waals surface area (Å²) in [6, 6.07) is 9.49. The lowest BCUT2D eigenvalue weighted by Gasteiger charge is -2.27. The maximum Gasteiger partial charge on any atom is 0.408 e. The first-order chi connectivity index (χ1) is 19.4. The highest BCUT2D eigenvalue weighted by Gasteiger charge is 2.39. The molecule has 14 heteroatoms. The van der Waals surface area contributed by atoms with Crippen LogP contribution in [0.15, 0.2) is 51.9 Å². The normalized spacial score (nSPS) is 16.8. The first kappa shape index (κ1) is 31.0. The molecule has 2 aromatic carbocycles. The van der Waals surface area contributed by atoms with Crippen molar-refractivity contribution in [3.8, 4) is 11.4 Å². The fourth-order valence-corrected chi connectivity index (χ4v) is 5.87. The summed E-state index contributed by atoms with van der Waals surface area (Å²) in [6.45, 7) is 10.3. The lowest BCUT2D eigenvalue weighted by Crippen LogP contribution is -2.51. The van der Waals surface area contributed by atoms with Crippen molar-refractivity contribution in [1.29, 1.82) is 0 Å². The van der Waals surface area contributed by atoms with Crippen LogP contribution in [0.5, 0.6) is 0 Å². The van der Waals surface area contributed by atoms with Gasteiger partial charge >= 0.3 is 17.9 Å². The van der Waals surface area contributed by atoms with E-state index in [1.807, 2.05) is 0 Å². The van der Waals surface area contributed by atoms with Crippen LogP contribution in [-0.4, -0.2) is 59.4 Å². The Hall–Kier alpha value is -3.97. The highest BCUT2D eigenvalue weighted by molar-refractivity contribution is 7.91. The molecule has 0 spiro atoms. The number of nitrogens with zero attached hydrogens (tertiary/aromatic N) is 3. The van der Waals surface area contributed by atoms with Crippen molar-refractivity contribution in [2.45, 2.75) is 70.2 Å². The molecular formula is C28H32ClN5O7S. The van der Waals surface area contributed by atoms with E-state index in [-0.39, 0.29) is 28.8 Å². The molecule has 0 saturated heterocycles. The van der Waals surface area contributed by atoms with Gasteiger partial charge in [0.1, 0.15) is 11.6 Å². The first-order valence-electron chi connectivity index (χ1n) is 13.0. The van der Waals surface area contributed by atoms with Crippen LogP contribution in [0, 0.1) is 0 Å². The fraction of sp³-hybridized carbons (Fsp3) is 0.393. The van der Waals surface area contributed by atoms with E-state index < -0.39 is 50.7 Å². The number of fused-ring (bicyclic) bond motifs is 1. The van der Waals surface area contributed by atoms with Gasteiger partial charge in [-0.3, -0.25) is 9.59 Å². The topological polar surface area (TPSA) is 161 Å². The summed E-state index contributed by atoms with van der Waals surface area (Å²) in [6.07, 6.45) is -0.929. The summed E-state index contributed by atoms with van der Waals surface area (Å²) in [5.41, 5.74) is -0.414. The number of carbonyl (C=O) groups is 3. The maximum absolute atomic E-state index is 13.9. The van der Waals surface area contributed by atoms with Crippen LogP contribution in [0.4, 0.5) is 10.5 Å². The second kappa shape index (κ2) is 11.4. The number of sulfone groups is 1. The number of hydrogen-bond donors (Lipinski definition) is 2. The van der Waals surface area contributed by atoms with E-state index in [0.717, 1.165) is 0 Å². The Balaban J connectivity index is 1.77. The van der Waals surface area contributed by atoms with Crippen molar-refractivity contribution >= 4 is 45.0 Å². The Labute approximate surface area is 248 Å². The molecule has 0 aliphatic carbocycles. The number of amides is 3. The number of hydrogen-bond acceptors (Lipinski definition) is 9. The van der Waals surface area contributed by atoms with Crippen LogP contribution in [0.2, 0.25) is 5.02 Å². The number of alkyl carbamates (subject to hydrolysis) is 1. The lowest BCUT2D eigenvalue weighted by molar-refractivity contribution is -0.120. The zero-order chi connectivity index (χ0) is 31.0. The molecule has 2 heterocycles. The number of halogens is 1. The van der Waals surface area contributed by atoms with Gasteiger partial charge in [0, 0.05) is 16.1 Å². The van der Waals surface area contributed by atoms with Crippen molar-refractivity contribution in [1.82, 2.24) is 20.8 Å². The highest BCUT2D eigenvalue weighted by atomic mass is 35.5. The third-order valence-corrected chi connectivity index (χ3v) is 7.89. The Morgan fingerprint density at radius 2 is 1.76 bits per heavy atom. The zero-order valence-corrected chi connectivity index (χ0v) is 25.6. The van der Waals surface area contributed by atoms with E-state index >= 15 is 0 Å². The molecule has 3 aromatic rings. The van der Waals surface area contributed by atoms with Crippen LogP contribution in [0.1, 0.15) is 57.8 Å². The Kier molecular flexibility index (Phi) is 8.38. The Morgan fingerprint density at radius 3 is 2.38 bits per heavy atom. The fourth-order valence-electron chi connectivity index (χ4n) is 4.13. The van der Waals surface area contributed by atoms with Crippen molar-refractivity contribution < 1.29 is 32.1 Å². The predicted molar refractivity (Wildman–Crippen MR) is 155 cm³/mol. The van der Waals surface area contributed by atoms with Crippen LogP contribution < -0.4 is 15.5 Å². The molecule has 2 N–H and O–H groups in total. The average molecular weight is 618 g/mol. The smallest absolute Gasteiger partial charge is 0.408 e. The number of aromatic nitrogens is 2. The maximum atomic E-state index is 13.9. The van der Waals surface area contributed by atoms with E-state index in [4.69, 9.17) is 20.9 Å². The van der Waals surface area contributed by atoms with Crippen molar-refractivity contribution in [3.63, 3.8) is 0 Å². The van der Waals surface area contributed by atoms with Crippen molar-refractivity contribution in [2.24, 2.45) is 0 Å². The van der Waals surface area contributed by atoms with Crippen molar-refractivity contribution in [3.05, 3.63) is 58.9 Å². The standard InChI is InChI=1S/C28H32ClN5O7S/c1-27(2,3)32-23(35)24-31-22(33-41-24)17-9-12-21-20(13-17)34(14-16-7-10-18(29)11-8-16)25(36)19(15-42(21,38)39)30-26(37)40-28(4,5)6/h7-13,19H,14-15H2,1-6H3,(H,30,37)(H,32,35)/t19-/m0/s1. The highest BCUT2D eigenvalue weighted by Crippen LogP contribution is 2.35. The molecule has 1 atom stereocenters. The molecule has 1 aromatic heterocycles. The number of anilines is 1. The van der Waals surface area contributed by atoms with Gasteiger partial charge in [0.25, 0.3) is 5.91 Å². The van der Waals surface area contributed by atoms with Gasteiger partial charge in [0.15, 0.2) is 9.84 Å². The van der Waals surface area contributed by atoms with Gasteiger partial charge in [0.05, 0.1) is 22.9 Å². The molecule has 42 heavy (non-hydrogen) atoms. The third-order valence-electron chi connectivity index (χ3n) is 5.85. The number of benzene rings is 2. The van der Waals surface area contributed by atoms with E-state index in [2.05, 4.69) is 20.8 Å². The largest absolute Gasteiger partial charge is 0.444 e. The molecule has 4 rings (SSSR count). The summed E-state index contributed by atoms with van der Waals surface area (Å²) < 4.78 is 37.5. The van der Waals surface area contributed by atoms with Crippen LogP contribution >= 0.6 is 11.6 Å². The van der Waals surface area contributed by atoms with Gasteiger partial charge in [0.2, 0.25) is 5.82 Å². The van der Waals surface area contributed by atoms with Crippen LogP contribution in [0.3, 0.4) is 0 Å². The van der Waals surface area contributed by atoms with E-state index in [9.17, 15) is 22.8 Å². The summed E-state index contributed by atoms with van der Waals surface area (Å²) in [5, 5.41) is 9.52. The Morgan fingerprint density at radius 1 is 1.10 bits per heavy atom. The van der Waals surface area contributed by atoms with Gasteiger partial charge in [-0.15, -0.1) is 0 Å². The summed E-state index contributed by atoms with van der Waals surface area (Å²) >= 11 is 6.04. The molecule has 12 nitrogen and oxygen atoms in total. The molecule has 0 unspecified atom stereocenters. The minimum Gasteiger partial charge on any atom is -0.444 e. The van der Waals surface area contributed by atoms with Crippen LogP contribution in [-0.2, 0) is 25.9 Å². The number of ether oxygens (including phenoxy) is 1. The van der Waals surface area contributed by atoms with Gasteiger partial charge in [-0.2, -0.15) is 4.98 Å². The SMILES string of the molecule is CC(C)(C)NC(=O)c1nc(-c2ccc3c(c2)N(Cc2ccc(Cl)cc2)C(=O)[C@@H](NC(=O)OC(C)(C)C)CS3(=O)=O)no1. The van der Waals surface area contributed by atoms with Crippen LogP contribution in [0.25, 0.3) is 11.4 Å². The molecular weight excluding hydrogens is 586 g/mol. The predicted octanol–water partition coefficient (Wildman–Crippen LogP) is 4.13.